The molecule has 21 heavy (non-hydrogen) atoms. The number of benzene rings is 2. The van der Waals surface area contributed by atoms with Crippen molar-refractivity contribution in [2.75, 3.05) is 7.11 Å². The van der Waals surface area contributed by atoms with Crippen LogP contribution in [0.5, 0.6) is 5.75 Å². The van der Waals surface area contributed by atoms with E-state index in [1.807, 2.05) is 0 Å². The molecule has 110 valence electrons. The summed E-state index contributed by atoms with van der Waals surface area (Å²) in [5.74, 6) is 5.73. The Morgan fingerprint density at radius 2 is 1.71 bits per heavy atom. The van der Waals surface area contributed by atoms with Crippen LogP contribution in [0.15, 0.2) is 53.4 Å². The van der Waals surface area contributed by atoms with Gasteiger partial charge in [-0.05, 0) is 48.5 Å². The van der Waals surface area contributed by atoms with Gasteiger partial charge in [-0.25, -0.2) is 10.1 Å². The fourth-order valence-corrected chi connectivity index (χ4v) is 2.58. The van der Waals surface area contributed by atoms with Crippen molar-refractivity contribution in [3.63, 3.8) is 0 Å². The molecule has 1 amide bonds. The Morgan fingerprint density at radius 3 is 2.24 bits per heavy atom. The van der Waals surface area contributed by atoms with Crippen molar-refractivity contribution in [1.82, 2.24) is 4.41 Å². The highest BCUT2D eigenvalue weighted by Crippen LogP contribution is 2.17. The Kier molecular flexibility index (Phi) is 4.95. The maximum Gasteiger partial charge on any atom is 0.280 e. The quantitative estimate of drug-likeness (QED) is 0.532. The fraction of sp³-hybridized carbons (Fsp3) is 0.0714. The van der Waals surface area contributed by atoms with Gasteiger partial charge in [0.25, 0.3) is 5.91 Å². The largest absolute Gasteiger partial charge is 0.497 e. The average molecular weight is 325 g/mol. The molecule has 0 aromatic heterocycles. The number of amides is 1. The molecule has 0 aliphatic carbocycles. The molecule has 1 unspecified atom stereocenters. The lowest BCUT2D eigenvalue weighted by Gasteiger charge is -2.15. The maximum absolute atomic E-state index is 12.3. The van der Waals surface area contributed by atoms with Crippen molar-refractivity contribution in [2.45, 2.75) is 4.90 Å². The molecule has 1 atom stereocenters. The zero-order chi connectivity index (χ0) is 15.4. The van der Waals surface area contributed by atoms with Gasteiger partial charge < -0.3 is 4.74 Å². The number of nitrogens with two attached hydrogens (primary N) is 1. The van der Waals surface area contributed by atoms with Crippen LogP contribution in [0.1, 0.15) is 10.4 Å². The first kappa shape index (κ1) is 15.5. The predicted molar refractivity (Wildman–Crippen MR) is 81.2 cm³/mol. The third-order valence-corrected chi connectivity index (χ3v) is 4.18. The number of rotatable bonds is 4. The summed E-state index contributed by atoms with van der Waals surface area (Å²) in [7, 11) is -0.268. The minimum Gasteiger partial charge on any atom is -0.497 e. The Hall–Kier alpha value is -1.89. The summed E-state index contributed by atoms with van der Waals surface area (Å²) in [5, 5.41) is 0.506. The number of carbonyl (C=O) groups excluding carboxylic acids is 1. The van der Waals surface area contributed by atoms with E-state index in [4.69, 9.17) is 22.2 Å². The van der Waals surface area contributed by atoms with E-state index in [2.05, 4.69) is 0 Å². The van der Waals surface area contributed by atoms with Crippen LogP contribution in [-0.2, 0) is 11.0 Å². The number of ether oxygens (including phenoxy) is 1. The highest BCUT2D eigenvalue weighted by Gasteiger charge is 2.19. The highest BCUT2D eigenvalue weighted by molar-refractivity contribution is 7.83. The molecule has 0 fully saturated rings. The van der Waals surface area contributed by atoms with Gasteiger partial charge in [-0.2, -0.15) is 4.41 Å². The number of hydrogen-bond donors (Lipinski definition) is 1. The molecular formula is C14H13ClN2O3S. The summed E-state index contributed by atoms with van der Waals surface area (Å²) in [6.07, 6.45) is 0. The summed E-state index contributed by atoms with van der Waals surface area (Å²) in [6, 6.07) is 12.7. The third kappa shape index (κ3) is 3.60. The van der Waals surface area contributed by atoms with E-state index in [1.165, 1.54) is 19.2 Å². The molecule has 0 bridgehead atoms. The molecule has 2 aromatic carbocycles. The van der Waals surface area contributed by atoms with Crippen LogP contribution in [-0.4, -0.2) is 21.6 Å². The van der Waals surface area contributed by atoms with Crippen molar-refractivity contribution in [3.8, 4) is 5.75 Å². The molecule has 5 nitrogen and oxygen atoms in total. The van der Waals surface area contributed by atoms with E-state index in [1.54, 1.807) is 36.4 Å². The van der Waals surface area contributed by atoms with Crippen LogP contribution in [0, 0.1) is 0 Å². The van der Waals surface area contributed by atoms with Gasteiger partial charge in [-0.15, -0.1) is 0 Å². The summed E-state index contributed by atoms with van der Waals surface area (Å²) in [4.78, 5) is 12.5. The minimum absolute atomic E-state index is 0.309. The van der Waals surface area contributed by atoms with Gasteiger partial charge in [0, 0.05) is 10.6 Å². The topological polar surface area (TPSA) is 72.6 Å². The molecule has 7 heteroatoms. The van der Waals surface area contributed by atoms with Gasteiger partial charge in [0.15, 0.2) is 11.0 Å². The van der Waals surface area contributed by atoms with Gasteiger partial charge in [0.1, 0.15) is 5.75 Å². The third-order valence-electron chi connectivity index (χ3n) is 2.73. The fourth-order valence-electron chi connectivity index (χ4n) is 1.60. The number of hydrazine groups is 1. The normalized spacial score (nSPS) is 11.8. The second-order valence-electron chi connectivity index (χ2n) is 4.06. The van der Waals surface area contributed by atoms with Gasteiger partial charge >= 0.3 is 0 Å². The lowest BCUT2D eigenvalue weighted by Crippen LogP contribution is -2.38. The SMILES string of the molecule is COc1ccc(S(=O)N(N)C(=O)c2ccc(Cl)cc2)cc1. The van der Waals surface area contributed by atoms with Crippen LogP contribution in [0.3, 0.4) is 0 Å². The van der Waals surface area contributed by atoms with Crippen molar-refractivity contribution < 1.29 is 13.7 Å². The molecule has 0 saturated heterocycles. The molecule has 2 aromatic rings. The van der Waals surface area contributed by atoms with Crippen molar-refractivity contribution in [3.05, 3.63) is 59.1 Å². The zero-order valence-electron chi connectivity index (χ0n) is 11.2. The van der Waals surface area contributed by atoms with Crippen LogP contribution >= 0.6 is 11.6 Å². The monoisotopic (exact) mass is 324 g/mol. The molecule has 0 heterocycles. The Morgan fingerprint density at radius 1 is 1.14 bits per heavy atom. The van der Waals surface area contributed by atoms with Gasteiger partial charge in [0.05, 0.1) is 12.0 Å². The van der Waals surface area contributed by atoms with Gasteiger partial charge in [-0.1, -0.05) is 11.6 Å². The maximum atomic E-state index is 12.3. The number of halogens is 1. The average Bonchev–Trinajstić information content (AvgIpc) is 2.53. The first-order chi connectivity index (χ1) is 10.0. The summed E-state index contributed by atoms with van der Waals surface area (Å²) >= 11 is 5.75. The highest BCUT2D eigenvalue weighted by atomic mass is 35.5. The van der Waals surface area contributed by atoms with E-state index in [0.29, 0.717) is 25.6 Å². The molecule has 0 aliphatic rings. The second kappa shape index (κ2) is 6.71. The first-order valence-corrected chi connectivity index (χ1v) is 7.42. The Balaban J connectivity index is 2.17. The Labute approximate surface area is 129 Å². The van der Waals surface area contributed by atoms with Crippen LogP contribution < -0.4 is 10.6 Å². The van der Waals surface area contributed by atoms with E-state index in [-0.39, 0.29) is 0 Å². The smallest absolute Gasteiger partial charge is 0.280 e. The second-order valence-corrected chi connectivity index (χ2v) is 5.86. The number of methoxy groups -OCH3 is 1. The predicted octanol–water partition coefficient (Wildman–Crippen LogP) is 2.39. The van der Waals surface area contributed by atoms with E-state index in [0.717, 1.165) is 0 Å². The van der Waals surface area contributed by atoms with Crippen molar-refractivity contribution in [1.29, 1.82) is 0 Å². The van der Waals surface area contributed by atoms with E-state index in [9.17, 15) is 9.00 Å². The van der Waals surface area contributed by atoms with Crippen molar-refractivity contribution in [2.24, 2.45) is 5.84 Å². The minimum atomic E-state index is -1.80. The van der Waals surface area contributed by atoms with Crippen LogP contribution in [0.25, 0.3) is 0 Å². The summed E-state index contributed by atoms with van der Waals surface area (Å²) in [5.41, 5.74) is 0.309. The van der Waals surface area contributed by atoms with Gasteiger partial charge in [0.2, 0.25) is 0 Å². The number of nitrogens with zero attached hydrogens (tertiary/aromatic N) is 1. The molecule has 2 rings (SSSR count). The van der Waals surface area contributed by atoms with Crippen molar-refractivity contribution >= 4 is 28.5 Å². The van der Waals surface area contributed by atoms with Gasteiger partial charge in [-0.3, -0.25) is 4.79 Å². The number of carbonyl (C=O) groups is 1. The first-order valence-electron chi connectivity index (χ1n) is 5.93. The van der Waals surface area contributed by atoms with E-state index >= 15 is 0 Å². The zero-order valence-corrected chi connectivity index (χ0v) is 12.7. The molecule has 0 spiro atoms. The lowest BCUT2D eigenvalue weighted by atomic mass is 10.2. The molecular weight excluding hydrogens is 312 g/mol. The van der Waals surface area contributed by atoms with Crippen LogP contribution in [0.2, 0.25) is 5.02 Å². The summed E-state index contributed by atoms with van der Waals surface area (Å²) < 4.78 is 18.0. The molecule has 2 N–H and O–H groups in total. The Bertz CT molecular complexity index is 659. The number of hydrogen-bond acceptors (Lipinski definition) is 4. The molecule has 0 saturated carbocycles. The lowest BCUT2D eigenvalue weighted by molar-refractivity contribution is 0.0866. The molecule has 0 radical (unpaired) electrons. The molecule has 0 aliphatic heterocycles. The van der Waals surface area contributed by atoms with E-state index < -0.39 is 16.9 Å². The van der Waals surface area contributed by atoms with Crippen LogP contribution in [0.4, 0.5) is 0 Å². The summed E-state index contributed by atoms with van der Waals surface area (Å²) in [6.45, 7) is 0. The standard InChI is InChI=1S/C14H13ClN2O3S/c1-20-12-6-8-13(9-7-12)21(19)17(16)14(18)10-2-4-11(15)5-3-10/h2-9H,16H2,1H3.